The van der Waals surface area contributed by atoms with Gasteiger partial charge in [-0.2, -0.15) is 0 Å². The molecule has 1 aliphatic rings. The van der Waals surface area contributed by atoms with Gasteiger partial charge in [-0.1, -0.05) is 29.8 Å². The first-order chi connectivity index (χ1) is 7.82. The fourth-order valence-corrected chi connectivity index (χ4v) is 3.16. The topological polar surface area (TPSA) is 38.3 Å². The molecule has 1 saturated heterocycles. The quantitative estimate of drug-likeness (QED) is 0.811. The molecule has 0 aliphatic carbocycles. The first-order valence-electron chi connectivity index (χ1n) is 6.42. The molecule has 3 nitrogen and oxygen atoms in total. The van der Waals surface area contributed by atoms with E-state index in [1.807, 2.05) is 20.8 Å². The van der Waals surface area contributed by atoms with Gasteiger partial charge in [0.2, 0.25) is 5.91 Å². The van der Waals surface area contributed by atoms with Crippen LogP contribution in [0.15, 0.2) is 0 Å². The number of alkyl halides is 1. The van der Waals surface area contributed by atoms with Crippen LogP contribution in [0, 0.1) is 11.8 Å². The predicted octanol–water partition coefficient (Wildman–Crippen LogP) is 2.72. The van der Waals surface area contributed by atoms with Gasteiger partial charge >= 0.3 is 0 Å². The van der Waals surface area contributed by atoms with Gasteiger partial charge in [0.1, 0.15) is 0 Å². The van der Waals surface area contributed by atoms with Crippen LogP contribution >= 0.6 is 15.9 Å². The lowest BCUT2D eigenvalue weighted by molar-refractivity contribution is -0.127. The lowest BCUT2D eigenvalue weighted by Crippen LogP contribution is -2.42. The third kappa shape index (κ3) is 3.95. The average molecular weight is 306 g/mol. The maximum absolute atomic E-state index is 12.2. The lowest BCUT2D eigenvalue weighted by Gasteiger charge is -2.22. The van der Waals surface area contributed by atoms with Gasteiger partial charge in [0.15, 0.2) is 0 Å². The van der Waals surface area contributed by atoms with Gasteiger partial charge < -0.3 is 10.1 Å². The van der Waals surface area contributed by atoms with Crippen molar-refractivity contribution in [2.24, 2.45) is 11.8 Å². The Morgan fingerprint density at radius 1 is 1.29 bits per heavy atom. The second-order valence-corrected chi connectivity index (χ2v) is 6.92. The van der Waals surface area contributed by atoms with E-state index in [1.54, 1.807) is 0 Å². The summed E-state index contributed by atoms with van der Waals surface area (Å²) in [6.45, 7) is 10.3. The fourth-order valence-electron chi connectivity index (χ4n) is 2.60. The Morgan fingerprint density at radius 3 is 2.29 bits per heavy atom. The average Bonchev–Trinajstić information content (AvgIpc) is 2.39. The van der Waals surface area contributed by atoms with E-state index in [4.69, 9.17) is 4.74 Å². The fraction of sp³-hybridized carbons (Fsp3) is 0.923. The molecule has 4 heteroatoms. The smallest absolute Gasteiger partial charge is 0.226 e. The van der Waals surface area contributed by atoms with Crippen LogP contribution in [-0.4, -0.2) is 29.0 Å². The van der Waals surface area contributed by atoms with E-state index >= 15 is 0 Å². The molecule has 1 heterocycles. The SMILES string of the molecule is CC(Br)CC(C)NC(=O)C1C(C)OC(C)C1C. The molecule has 17 heavy (non-hydrogen) atoms. The summed E-state index contributed by atoms with van der Waals surface area (Å²) in [5.74, 6) is 0.409. The number of ether oxygens (including phenoxy) is 1. The highest BCUT2D eigenvalue weighted by Gasteiger charge is 2.41. The van der Waals surface area contributed by atoms with Gasteiger partial charge in [0, 0.05) is 10.9 Å². The standard InChI is InChI=1S/C13H24BrNO2/c1-7(14)6-8(2)15-13(16)12-9(3)10(4)17-11(12)5/h7-12H,6H2,1-5H3,(H,15,16). The molecule has 0 aromatic heterocycles. The summed E-state index contributed by atoms with van der Waals surface area (Å²) in [6.07, 6.45) is 1.14. The second kappa shape index (κ2) is 6.19. The minimum absolute atomic E-state index is 0.0157. The lowest BCUT2D eigenvalue weighted by atomic mass is 9.88. The van der Waals surface area contributed by atoms with Crippen molar-refractivity contribution in [1.82, 2.24) is 5.32 Å². The van der Waals surface area contributed by atoms with Gasteiger partial charge in [0.25, 0.3) is 0 Å². The molecule has 0 saturated carbocycles. The summed E-state index contributed by atoms with van der Waals surface area (Å²) >= 11 is 3.51. The Morgan fingerprint density at radius 2 is 1.88 bits per heavy atom. The summed E-state index contributed by atoms with van der Waals surface area (Å²) in [5.41, 5.74) is 0. The maximum atomic E-state index is 12.2. The zero-order chi connectivity index (χ0) is 13.2. The van der Waals surface area contributed by atoms with E-state index in [-0.39, 0.29) is 30.1 Å². The summed E-state index contributed by atoms with van der Waals surface area (Å²) in [4.78, 5) is 12.6. The number of rotatable bonds is 4. The molecule has 6 atom stereocenters. The van der Waals surface area contributed by atoms with Crippen molar-refractivity contribution >= 4 is 21.8 Å². The third-order valence-electron chi connectivity index (χ3n) is 3.61. The van der Waals surface area contributed by atoms with E-state index in [2.05, 4.69) is 35.1 Å². The third-order valence-corrected chi connectivity index (χ3v) is 3.99. The van der Waals surface area contributed by atoms with Crippen LogP contribution in [0.1, 0.15) is 41.0 Å². The highest BCUT2D eigenvalue weighted by molar-refractivity contribution is 9.09. The van der Waals surface area contributed by atoms with Crippen molar-refractivity contribution in [1.29, 1.82) is 0 Å². The molecule has 1 N–H and O–H groups in total. The Kier molecular flexibility index (Phi) is 5.45. The van der Waals surface area contributed by atoms with E-state index < -0.39 is 0 Å². The van der Waals surface area contributed by atoms with E-state index in [1.165, 1.54) is 0 Å². The molecule has 0 bridgehead atoms. The van der Waals surface area contributed by atoms with Gasteiger partial charge in [-0.25, -0.2) is 0 Å². The molecular weight excluding hydrogens is 282 g/mol. The number of amides is 1. The largest absolute Gasteiger partial charge is 0.374 e. The van der Waals surface area contributed by atoms with Crippen molar-refractivity contribution < 1.29 is 9.53 Å². The highest BCUT2D eigenvalue weighted by Crippen LogP contribution is 2.32. The Hall–Kier alpha value is -0.0900. The van der Waals surface area contributed by atoms with Crippen LogP contribution in [-0.2, 0) is 9.53 Å². The van der Waals surface area contributed by atoms with Crippen molar-refractivity contribution in [3.05, 3.63) is 0 Å². The van der Waals surface area contributed by atoms with Crippen molar-refractivity contribution in [2.45, 2.75) is 64.1 Å². The molecular formula is C13H24BrNO2. The van der Waals surface area contributed by atoms with Crippen LogP contribution in [0.3, 0.4) is 0 Å². The summed E-state index contributed by atoms with van der Waals surface area (Å²) in [7, 11) is 0. The van der Waals surface area contributed by atoms with Crippen molar-refractivity contribution in [3.63, 3.8) is 0 Å². The van der Waals surface area contributed by atoms with Crippen molar-refractivity contribution in [2.75, 3.05) is 0 Å². The van der Waals surface area contributed by atoms with Crippen molar-refractivity contribution in [3.8, 4) is 0 Å². The maximum Gasteiger partial charge on any atom is 0.226 e. The Bertz CT molecular complexity index is 270. The van der Waals surface area contributed by atoms with Crippen LogP contribution in [0.25, 0.3) is 0 Å². The number of nitrogens with one attached hydrogen (secondary N) is 1. The van der Waals surface area contributed by atoms with Crippen LogP contribution in [0.5, 0.6) is 0 Å². The van der Waals surface area contributed by atoms with Crippen LogP contribution in [0.2, 0.25) is 0 Å². The molecule has 0 aromatic carbocycles. The minimum Gasteiger partial charge on any atom is -0.374 e. The molecule has 100 valence electrons. The number of halogens is 1. The molecule has 6 unspecified atom stereocenters. The Balaban J connectivity index is 2.52. The number of hydrogen-bond acceptors (Lipinski definition) is 2. The van der Waals surface area contributed by atoms with Gasteiger partial charge in [-0.15, -0.1) is 0 Å². The number of carbonyl (C=O) groups is 1. The molecule has 0 aromatic rings. The van der Waals surface area contributed by atoms with Gasteiger partial charge in [-0.3, -0.25) is 4.79 Å². The summed E-state index contributed by atoms with van der Waals surface area (Å²) in [5, 5.41) is 3.09. The van der Waals surface area contributed by atoms with Gasteiger partial charge in [0.05, 0.1) is 18.1 Å². The van der Waals surface area contributed by atoms with Gasteiger partial charge in [-0.05, 0) is 33.1 Å². The first-order valence-corrected chi connectivity index (χ1v) is 7.34. The molecule has 1 amide bonds. The summed E-state index contributed by atoms with van der Waals surface area (Å²) < 4.78 is 5.70. The van der Waals surface area contributed by atoms with E-state index in [0.29, 0.717) is 10.7 Å². The highest BCUT2D eigenvalue weighted by atomic mass is 79.9. The van der Waals surface area contributed by atoms with Crippen LogP contribution in [0.4, 0.5) is 0 Å². The molecule has 1 aliphatic heterocycles. The Labute approximate surface area is 113 Å². The normalized spacial score (nSPS) is 36.6. The predicted molar refractivity (Wildman–Crippen MR) is 73.3 cm³/mol. The first kappa shape index (κ1) is 15.0. The number of carbonyl (C=O) groups excluding carboxylic acids is 1. The monoisotopic (exact) mass is 305 g/mol. The molecule has 0 spiro atoms. The van der Waals surface area contributed by atoms with E-state index in [9.17, 15) is 4.79 Å². The number of hydrogen-bond donors (Lipinski definition) is 1. The zero-order valence-corrected chi connectivity index (χ0v) is 13.0. The molecule has 0 radical (unpaired) electrons. The van der Waals surface area contributed by atoms with Crippen LogP contribution < -0.4 is 5.32 Å². The second-order valence-electron chi connectivity index (χ2n) is 5.36. The molecule has 1 fully saturated rings. The minimum atomic E-state index is -0.0157. The molecule has 1 rings (SSSR count). The van der Waals surface area contributed by atoms with E-state index in [0.717, 1.165) is 6.42 Å². The summed E-state index contributed by atoms with van der Waals surface area (Å²) in [6, 6.07) is 0.201. The zero-order valence-electron chi connectivity index (χ0n) is 11.4.